The predicted octanol–water partition coefficient (Wildman–Crippen LogP) is 4.06. The quantitative estimate of drug-likeness (QED) is 0.675. The molecule has 0 aromatic carbocycles. The Hall–Kier alpha value is -0.0800. The summed E-state index contributed by atoms with van der Waals surface area (Å²) in [6.45, 7) is 9.70. The van der Waals surface area contributed by atoms with Crippen molar-refractivity contribution < 1.29 is 0 Å². The third kappa shape index (κ3) is 5.37. The van der Waals surface area contributed by atoms with E-state index in [9.17, 15) is 0 Å². The lowest BCUT2D eigenvalue weighted by molar-refractivity contribution is 0.0596. The Bertz CT molecular complexity index is 250. The zero-order valence-corrected chi connectivity index (χ0v) is 13.9. The molecular weight excluding hydrogens is 244 g/mol. The van der Waals surface area contributed by atoms with Gasteiger partial charge in [-0.2, -0.15) is 0 Å². The standard InChI is InChI=1S/C18H36N2/c1-16(2)15-19-12-6-3-7-13-20-14-8-10-17-9-4-5-11-18(17)20/h16-19H,3-15H2,1-2H3/t17-,18-/m1/s1. The summed E-state index contributed by atoms with van der Waals surface area (Å²) >= 11 is 0. The number of nitrogens with zero attached hydrogens (tertiary/aromatic N) is 1. The van der Waals surface area contributed by atoms with Crippen LogP contribution in [0.2, 0.25) is 0 Å². The van der Waals surface area contributed by atoms with E-state index in [1.807, 2.05) is 0 Å². The smallest absolute Gasteiger partial charge is 0.0123 e. The average molecular weight is 280 g/mol. The molecular formula is C18H36N2. The molecule has 0 amide bonds. The van der Waals surface area contributed by atoms with Crippen LogP contribution in [0.3, 0.4) is 0 Å². The molecule has 20 heavy (non-hydrogen) atoms. The van der Waals surface area contributed by atoms with Gasteiger partial charge in [-0.1, -0.05) is 33.1 Å². The molecule has 1 aliphatic heterocycles. The molecule has 0 bridgehead atoms. The maximum Gasteiger partial charge on any atom is 0.0123 e. The summed E-state index contributed by atoms with van der Waals surface area (Å²) in [5.74, 6) is 1.83. The Balaban J connectivity index is 1.54. The summed E-state index contributed by atoms with van der Waals surface area (Å²) < 4.78 is 0. The third-order valence-electron chi connectivity index (χ3n) is 5.21. The molecule has 0 aromatic rings. The van der Waals surface area contributed by atoms with Crippen LogP contribution < -0.4 is 5.32 Å². The third-order valence-corrected chi connectivity index (χ3v) is 5.21. The molecule has 0 spiro atoms. The van der Waals surface area contributed by atoms with Gasteiger partial charge in [-0.15, -0.1) is 0 Å². The average Bonchev–Trinajstić information content (AvgIpc) is 2.46. The fourth-order valence-electron chi connectivity index (χ4n) is 4.14. The van der Waals surface area contributed by atoms with Crippen LogP contribution >= 0.6 is 0 Å². The number of hydrogen-bond acceptors (Lipinski definition) is 2. The van der Waals surface area contributed by atoms with Crippen molar-refractivity contribution in [3.8, 4) is 0 Å². The van der Waals surface area contributed by atoms with E-state index in [4.69, 9.17) is 0 Å². The van der Waals surface area contributed by atoms with Gasteiger partial charge in [0.2, 0.25) is 0 Å². The topological polar surface area (TPSA) is 15.3 Å². The van der Waals surface area contributed by atoms with Crippen LogP contribution in [0.1, 0.15) is 71.6 Å². The molecule has 2 heteroatoms. The molecule has 118 valence electrons. The molecule has 2 atom stereocenters. The molecule has 1 heterocycles. The fraction of sp³-hybridized carbons (Fsp3) is 1.00. The SMILES string of the molecule is CC(C)CNCCCCCN1CCC[C@H]2CCCC[C@H]21. The molecule has 1 saturated heterocycles. The molecule has 2 nitrogen and oxygen atoms in total. The van der Waals surface area contributed by atoms with Crippen LogP contribution in [-0.4, -0.2) is 37.1 Å². The molecule has 2 aliphatic rings. The van der Waals surface area contributed by atoms with Crippen molar-refractivity contribution in [2.75, 3.05) is 26.2 Å². The highest BCUT2D eigenvalue weighted by Gasteiger charge is 2.32. The lowest BCUT2D eigenvalue weighted by Crippen LogP contribution is -2.47. The van der Waals surface area contributed by atoms with Gasteiger partial charge in [0.05, 0.1) is 0 Å². The number of fused-ring (bicyclic) bond motifs is 1. The minimum atomic E-state index is 0.784. The van der Waals surface area contributed by atoms with Gasteiger partial charge in [0.25, 0.3) is 0 Å². The van der Waals surface area contributed by atoms with Crippen LogP contribution in [0.15, 0.2) is 0 Å². The van der Waals surface area contributed by atoms with Crippen molar-refractivity contribution in [1.82, 2.24) is 10.2 Å². The van der Waals surface area contributed by atoms with Crippen LogP contribution in [0, 0.1) is 11.8 Å². The van der Waals surface area contributed by atoms with Gasteiger partial charge in [0, 0.05) is 6.04 Å². The lowest BCUT2D eigenvalue weighted by Gasteiger charge is -2.44. The molecule has 0 aromatic heterocycles. The first kappa shape index (κ1) is 16.3. The zero-order valence-electron chi connectivity index (χ0n) is 13.9. The maximum absolute atomic E-state index is 3.55. The molecule has 2 fully saturated rings. The van der Waals surface area contributed by atoms with Crippen molar-refractivity contribution in [3.05, 3.63) is 0 Å². The molecule has 0 radical (unpaired) electrons. The van der Waals surface area contributed by atoms with Crippen molar-refractivity contribution in [2.45, 2.75) is 77.7 Å². The molecule has 1 saturated carbocycles. The summed E-state index contributed by atoms with van der Waals surface area (Å²) in [5.41, 5.74) is 0. The Labute approximate surface area is 126 Å². The second-order valence-corrected chi connectivity index (χ2v) is 7.45. The van der Waals surface area contributed by atoms with Gasteiger partial charge in [0.15, 0.2) is 0 Å². The molecule has 1 aliphatic carbocycles. The fourth-order valence-corrected chi connectivity index (χ4v) is 4.14. The highest BCUT2D eigenvalue weighted by atomic mass is 15.2. The number of hydrogen-bond donors (Lipinski definition) is 1. The number of piperidine rings is 1. The number of nitrogens with one attached hydrogen (secondary N) is 1. The van der Waals surface area contributed by atoms with E-state index in [0.717, 1.165) is 17.9 Å². The van der Waals surface area contributed by atoms with E-state index in [1.54, 1.807) is 0 Å². The first-order chi connectivity index (χ1) is 9.77. The number of likely N-dealkylation sites (tertiary alicyclic amines) is 1. The van der Waals surface area contributed by atoms with E-state index in [-0.39, 0.29) is 0 Å². The second-order valence-electron chi connectivity index (χ2n) is 7.45. The summed E-state index contributed by atoms with van der Waals surface area (Å²) in [6.07, 6.45) is 13.1. The number of unbranched alkanes of at least 4 members (excludes halogenated alkanes) is 2. The van der Waals surface area contributed by atoms with Crippen molar-refractivity contribution >= 4 is 0 Å². The minimum absolute atomic E-state index is 0.784. The van der Waals surface area contributed by atoms with E-state index in [1.165, 1.54) is 84.0 Å². The Kier molecular flexibility index (Phi) is 7.37. The van der Waals surface area contributed by atoms with E-state index in [2.05, 4.69) is 24.1 Å². The first-order valence-electron chi connectivity index (χ1n) is 9.22. The van der Waals surface area contributed by atoms with Gasteiger partial charge < -0.3 is 10.2 Å². The summed E-state index contributed by atoms with van der Waals surface area (Å²) in [5, 5.41) is 3.55. The van der Waals surface area contributed by atoms with Gasteiger partial charge in [-0.25, -0.2) is 0 Å². The van der Waals surface area contributed by atoms with Gasteiger partial charge >= 0.3 is 0 Å². The van der Waals surface area contributed by atoms with E-state index in [0.29, 0.717) is 0 Å². The van der Waals surface area contributed by atoms with Gasteiger partial charge in [-0.05, 0) is 76.5 Å². The molecule has 2 rings (SSSR count). The Morgan fingerprint density at radius 1 is 1.00 bits per heavy atom. The van der Waals surface area contributed by atoms with Crippen molar-refractivity contribution in [2.24, 2.45) is 11.8 Å². The summed E-state index contributed by atoms with van der Waals surface area (Å²) in [7, 11) is 0. The van der Waals surface area contributed by atoms with Crippen LogP contribution in [-0.2, 0) is 0 Å². The molecule has 0 unspecified atom stereocenters. The zero-order chi connectivity index (χ0) is 14.2. The van der Waals surface area contributed by atoms with Crippen LogP contribution in [0.4, 0.5) is 0 Å². The minimum Gasteiger partial charge on any atom is -0.316 e. The van der Waals surface area contributed by atoms with E-state index >= 15 is 0 Å². The highest BCUT2D eigenvalue weighted by Crippen LogP contribution is 2.35. The van der Waals surface area contributed by atoms with Crippen LogP contribution in [0.5, 0.6) is 0 Å². The first-order valence-corrected chi connectivity index (χ1v) is 9.22. The Morgan fingerprint density at radius 2 is 1.80 bits per heavy atom. The lowest BCUT2D eigenvalue weighted by atomic mass is 9.78. The second kappa shape index (κ2) is 9.04. The maximum atomic E-state index is 3.55. The van der Waals surface area contributed by atoms with Crippen molar-refractivity contribution in [1.29, 1.82) is 0 Å². The summed E-state index contributed by atoms with van der Waals surface area (Å²) in [4.78, 5) is 2.84. The Morgan fingerprint density at radius 3 is 2.65 bits per heavy atom. The van der Waals surface area contributed by atoms with Crippen LogP contribution in [0.25, 0.3) is 0 Å². The number of rotatable bonds is 8. The van der Waals surface area contributed by atoms with Gasteiger partial charge in [-0.3, -0.25) is 0 Å². The predicted molar refractivity (Wildman–Crippen MR) is 88.1 cm³/mol. The normalized spacial score (nSPS) is 27.8. The van der Waals surface area contributed by atoms with E-state index < -0.39 is 0 Å². The van der Waals surface area contributed by atoms with Crippen molar-refractivity contribution in [3.63, 3.8) is 0 Å². The summed E-state index contributed by atoms with van der Waals surface area (Å²) in [6, 6.07) is 0.955. The highest BCUT2D eigenvalue weighted by molar-refractivity contribution is 4.87. The monoisotopic (exact) mass is 280 g/mol. The largest absolute Gasteiger partial charge is 0.316 e. The molecule has 1 N–H and O–H groups in total. The van der Waals surface area contributed by atoms with Gasteiger partial charge in [0.1, 0.15) is 0 Å².